The first kappa shape index (κ1) is 36.4. The fourth-order valence-corrected chi connectivity index (χ4v) is 7.07. The lowest BCUT2D eigenvalue weighted by Gasteiger charge is -2.16. The summed E-state index contributed by atoms with van der Waals surface area (Å²) >= 11 is 6.13. The topological polar surface area (TPSA) is 120 Å². The zero-order valence-electron chi connectivity index (χ0n) is 30.4. The molecule has 2 saturated heterocycles. The van der Waals surface area contributed by atoms with Crippen LogP contribution in [0.5, 0.6) is 34.5 Å². The quantitative estimate of drug-likeness (QED) is 0.110. The SMILES string of the molecule is COc1cc2c(Cl)cnnc2cc1OCCCN1CCCC1.COc1cc2c(Oc3ccc4[nH]ccc4c3)cnnc2cc1OCCCN1CCCC1. The van der Waals surface area contributed by atoms with Gasteiger partial charge in [-0.1, -0.05) is 11.6 Å². The van der Waals surface area contributed by atoms with E-state index in [1.165, 1.54) is 58.1 Å². The van der Waals surface area contributed by atoms with Crippen molar-refractivity contribution in [1.82, 2.24) is 35.2 Å². The number of hydrogen-bond acceptors (Lipinski definition) is 11. The standard InChI is InChI=1S/C24H26N4O3.C16H20ClN3O2/c1-29-22-14-19-21(15-23(22)30-12-4-11-28-9-2-3-10-28)27-26-16-24(19)31-18-5-6-20-17(13-18)7-8-25-20;1-21-15-9-12-13(17)11-18-19-14(12)10-16(15)22-8-4-7-20-5-2-3-6-20/h5-8,13-16,25H,2-4,9-12H2,1H3;9-11H,2-8H2,1H3. The van der Waals surface area contributed by atoms with E-state index in [0.717, 1.165) is 53.4 Å². The van der Waals surface area contributed by atoms with Gasteiger partial charge in [0, 0.05) is 47.7 Å². The molecule has 2 aliphatic rings. The van der Waals surface area contributed by atoms with Crippen LogP contribution in [0.15, 0.2) is 67.1 Å². The Morgan fingerprint density at radius 1 is 0.660 bits per heavy atom. The molecule has 0 bridgehead atoms. The van der Waals surface area contributed by atoms with Crippen LogP contribution in [0.1, 0.15) is 38.5 Å². The largest absolute Gasteiger partial charge is 0.493 e. The number of halogens is 1. The summed E-state index contributed by atoms with van der Waals surface area (Å²) in [7, 11) is 3.27. The molecule has 278 valence electrons. The molecule has 0 amide bonds. The number of methoxy groups -OCH3 is 2. The molecule has 0 spiro atoms. The third-order valence-electron chi connectivity index (χ3n) is 9.67. The average Bonchev–Trinajstić information content (AvgIpc) is 3.99. The second-order valence-corrected chi connectivity index (χ2v) is 13.7. The van der Waals surface area contributed by atoms with Crippen molar-refractivity contribution in [3.05, 3.63) is 72.1 Å². The van der Waals surface area contributed by atoms with Gasteiger partial charge in [-0.15, -0.1) is 0 Å². The molecule has 1 N–H and O–H groups in total. The van der Waals surface area contributed by atoms with Crippen molar-refractivity contribution in [2.75, 3.05) is 66.7 Å². The molecule has 8 rings (SSSR count). The van der Waals surface area contributed by atoms with Crippen molar-refractivity contribution in [3.8, 4) is 34.5 Å². The van der Waals surface area contributed by atoms with Gasteiger partial charge in [0.2, 0.25) is 0 Å². The van der Waals surface area contributed by atoms with Crippen LogP contribution in [0.3, 0.4) is 0 Å². The van der Waals surface area contributed by atoms with E-state index in [2.05, 4.69) is 35.2 Å². The number of fused-ring (bicyclic) bond motifs is 3. The maximum atomic E-state index is 6.15. The van der Waals surface area contributed by atoms with Gasteiger partial charge in [0.1, 0.15) is 11.3 Å². The third-order valence-corrected chi connectivity index (χ3v) is 9.97. The highest BCUT2D eigenvalue weighted by atomic mass is 35.5. The van der Waals surface area contributed by atoms with Crippen molar-refractivity contribution in [1.29, 1.82) is 0 Å². The number of likely N-dealkylation sites (tertiary alicyclic amines) is 2. The predicted molar refractivity (Wildman–Crippen MR) is 207 cm³/mol. The van der Waals surface area contributed by atoms with E-state index in [-0.39, 0.29) is 0 Å². The van der Waals surface area contributed by atoms with Crippen molar-refractivity contribution in [2.24, 2.45) is 0 Å². The predicted octanol–water partition coefficient (Wildman–Crippen LogP) is 7.93. The Kier molecular flexibility index (Phi) is 12.2. The summed E-state index contributed by atoms with van der Waals surface area (Å²) in [5.74, 6) is 4.06. The highest BCUT2D eigenvalue weighted by Crippen LogP contribution is 2.37. The zero-order chi connectivity index (χ0) is 36.4. The zero-order valence-corrected chi connectivity index (χ0v) is 31.1. The highest BCUT2D eigenvalue weighted by molar-refractivity contribution is 6.35. The van der Waals surface area contributed by atoms with Gasteiger partial charge in [-0.05, 0) is 101 Å². The first-order valence-corrected chi connectivity index (χ1v) is 18.7. The number of ether oxygens (including phenoxy) is 5. The van der Waals surface area contributed by atoms with E-state index in [9.17, 15) is 0 Å². The van der Waals surface area contributed by atoms with Crippen LogP contribution >= 0.6 is 11.6 Å². The number of aromatic amines is 1. The molecule has 3 aromatic heterocycles. The molecule has 2 aliphatic heterocycles. The van der Waals surface area contributed by atoms with Crippen molar-refractivity contribution in [2.45, 2.75) is 38.5 Å². The minimum atomic E-state index is 0.559. The minimum absolute atomic E-state index is 0.559. The van der Waals surface area contributed by atoms with Gasteiger partial charge < -0.3 is 38.5 Å². The first-order valence-electron chi connectivity index (χ1n) is 18.4. The Morgan fingerprint density at radius 2 is 1.25 bits per heavy atom. The van der Waals surface area contributed by atoms with Crippen LogP contribution in [-0.4, -0.2) is 102 Å². The summed E-state index contributed by atoms with van der Waals surface area (Å²) in [6.07, 6.45) is 12.3. The number of H-pyrrole nitrogens is 1. The Bertz CT molecular complexity index is 2120. The van der Waals surface area contributed by atoms with Crippen LogP contribution < -0.4 is 23.7 Å². The van der Waals surface area contributed by atoms with E-state index in [1.807, 2.05) is 54.7 Å². The average molecular weight is 740 g/mol. The number of benzene rings is 3. The normalized spacial score (nSPS) is 14.8. The lowest BCUT2D eigenvalue weighted by atomic mass is 10.2. The first-order chi connectivity index (χ1) is 26.1. The second kappa shape index (κ2) is 17.7. The van der Waals surface area contributed by atoms with Gasteiger partial charge in [0.15, 0.2) is 28.7 Å². The smallest absolute Gasteiger partial charge is 0.163 e. The number of rotatable bonds is 14. The Balaban J connectivity index is 0.000000174. The molecule has 12 nitrogen and oxygen atoms in total. The van der Waals surface area contributed by atoms with Gasteiger partial charge in [-0.3, -0.25) is 0 Å². The number of aromatic nitrogens is 5. The Labute approximate surface area is 314 Å². The lowest BCUT2D eigenvalue weighted by Crippen LogP contribution is -2.21. The van der Waals surface area contributed by atoms with Crippen molar-refractivity contribution < 1.29 is 23.7 Å². The van der Waals surface area contributed by atoms with E-state index >= 15 is 0 Å². The Hall–Kier alpha value is -4.91. The third kappa shape index (κ3) is 9.19. The van der Waals surface area contributed by atoms with E-state index < -0.39 is 0 Å². The molecule has 3 aromatic carbocycles. The number of nitrogens with zero attached hydrogens (tertiary/aromatic N) is 6. The molecule has 0 saturated carbocycles. The summed E-state index contributed by atoms with van der Waals surface area (Å²) in [6, 6.07) is 15.4. The van der Waals surface area contributed by atoms with Gasteiger partial charge in [-0.2, -0.15) is 20.4 Å². The molecule has 13 heteroatoms. The number of nitrogens with one attached hydrogen (secondary N) is 1. The molecule has 53 heavy (non-hydrogen) atoms. The molecular weight excluding hydrogens is 694 g/mol. The van der Waals surface area contributed by atoms with E-state index in [1.54, 1.807) is 20.4 Å². The minimum Gasteiger partial charge on any atom is -0.493 e. The summed E-state index contributed by atoms with van der Waals surface area (Å²) in [4.78, 5) is 8.15. The molecule has 0 aliphatic carbocycles. The summed E-state index contributed by atoms with van der Waals surface area (Å²) in [5, 5.41) is 19.7. The monoisotopic (exact) mass is 739 g/mol. The fraction of sp³-hybridized carbons (Fsp3) is 0.400. The molecule has 6 aromatic rings. The van der Waals surface area contributed by atoms with Crippen LogP contribution in [0.2, 0.25) is 5.02 Å². The molecule has 2 fully saturated rings. The Morgan fingerprint density at radius 3 is 1.87 bits per heavy atom. The molecule has 0 unspecified atom stereocenters. The van der Waals surface area contributed by atoms with Crippen molar-refractivity contribution >= 4 is 44.3 Å². The van der Waals surface area contributed by atoms with Crippen LogP contribution in [0, 0.1) is 0 Å². The number of hydrogen-bond donors (Lipinski definition) is 1. The van der Waals surface area contributed by atoms with Gasteiger partial charge in [0.25, 0.3) is 0 Å². The second-order valence-electron chi connectivity index (χ2n) is 13.3. The van der Waals surface area contributed by atoms with Gasteiger partial charge in [0.05, 0.1) is 55.8 Å². The van der Waals surface area contributed by atoms with E-state index in [4.69, 9.17) is 35.3 Å². The van der Waals surface area contributed by atoms with Gasteiger partial charge >= 0.3 is 0 Å². The van der Waals surface area contributed by atoms with Gasteiger partial charge in [-0.25, -0.2) is 0 Å². The maximum absolute atomic E-state index is 6.15. The highest BCUT2D eigenvalue weighted by Gasteiger charge is 2.16. The van der Waals surface area contributed by atoms with Crippen LogP contribution in [0.4, 0.5) is 0 Å². The van der Waals surface area contributed by atoms with Crippen molar-refractivity contribution in [3.63, 3.8) is 0 Å². The molecule has 5 heterocycles. The van der Waals surface area contributed by atoms with Crippen LogP contribution in [0.25, 0.3) is 32.7 Å². The molecule has 0 radical (unpaired) electrons. The maximum Gasteiger partial charge on any atom is 0.163 e. The van der Waals surface area contributed by atoms with E-state index in [0.29, 0.717) is 58.0 Å². The van der Waals surface area contributed by atoms with Crippen LogP contribution in [-0.2, 0) is 0 Å². The molecular formula is C40H46ClN7O5. The lowest BCUT2D eigenvalue weighted by molar-refractivity contribution is 0.254. The summed E-state index contributed by atoms with van der Waals surface area (Å²) < 4.78 is 29.0. The molecule has 0 atom stereocenters. The summed E-state index contributed by atoms with van der Waals surface area (Å²) in [6.45, 7) is 8.29. The summed E-state index contributed by atoms with van der Waals surface area (Å²) in [5.41, 5.74) is 2.48. The fourth-order valence-electron chi connectivity index (χ4n) is 6.88.